The fraction of sp³-hybridized carbons (Fsp3) is 0.235. The number of halogens is 1. The maximum atomic E-state index is 11.9. The lowest BCUT2D eigenvalue weighted by Crippen LogP contribution is -2.31. The Kier molecular flexibility index (Phi) is 5.96. The first-order chi connectivity index (χ1) is 10.1. The van der Waals surface area contributed by atoms with Gasteiger partial charge in [-0.15, -0.1) is 0 Å². The SMILES string of the molecule is Cc1ccc(C(=O)NCCNCc2ccc(Br)cc2)cc1. The molecule has 2 rings (SSSR count). The van der Waals surface area contributed by atoms with Gasteiger partial charge in [-0.1, -0.05) is 45.8 Å². The van der Waals surface area contributed by atoms with Crippen LogP contribution < -0.4 is 10.6 Å². The summed E-state index contributed by atoms with van der Waals surface area (Å²) in [5, 5.41) is 6.21. The highest BCUT2D eigenvalue weighted by Crippen LogP contribution is 2.10. The van der Waals surface area contributed by atoms with Crippen molar-refractivity contribution in [2.24, 2.45) is 0 Å². The molecule has 2 aromatic rings. The average molecular weight is 347 g/mol. The largest absolute Gasteiger partial charge is 0.351 e. The predicted octanol–water partition coefficient (Wildman–Crippen LogP) is 3.28. The summed E-state index contributed by atoms with van der Waals surface area (Å²) in [5.41, 5.74) is 3.08. The zero-order chi connectivity index (χ0) is 15.1. The van der Waals surface area contributed by atoms with E-state index in [1.807, 2.05) is 43.3 Å². The van der Waals surface area contributed by atoms with Crippen LogP contribution in [0.3, 0.4) is 0 Å². The number of benzene rings is 2. The lowest BCUT2D eigenvalue weighted by molar-refractivity contribution is 0.0954. The Labute approximate surface area is 133 Å². The number of carbonyl (C=O) groups is 1. The number of rotatable bonds is 6. The predicted molar refractivity (Wildman–Crippen MR) is 89.4 cm³/mol. The van der Waals surface area contributed by atoms with Gasteiger partial charge in [0.15, 0.2) is 0 Å². The van der Waals surface area contributed by atoms with Gasteiger partial charge in [-0.25, -0.2) is 0 Å². The van der Waals surface area contributed by atoms with Gasteiger partial charge in [-0.2, -0.15) is 0 Å². The molecule has 0 radical (unpaired) electrons. The highest BCUT2D eigenvalue weighted by molar-refractivity contribution is 9.10. The van der Waals surface area contributed by atoms with Gasteiger partial charge in [-0.05, 0) is 36.8 Å². The topological polar surface area (TPSA) is 41.1 Å². The molecule has 2 aromatic carbocycles. The fourth-order valence-corrected chi connectivity index (χ4v) is 2.17. The third-order valence-corrected chi connectivity index (χ3v) is 3.67. The van der Waals surface area contributed by atoms with Crippen LogP contribution in [-0.2, 0) is 6.54 Å². The minimum atomic E-state index is -0.0274. The van der Waals surface area contributed by atoms with E-state index in [-0.39, 0.29) is 5.91 Å². The number of amides is 1. The van der Waals surface area contributed by atoms with Gasteiger partial charge in [0, 0.05) is 29.7 Å². The Morgan fingerprint density at radius 2 is 1.67 bits per heavy atom. The first-order valence-electron chi connectivity index (χ1n) is 6.95. The van der Waals surface area contributed by atoms with Crippen LogP contribution >= 0.6 is 15.9 Å². The van der Waals surface area contributed by atoms with Crippen molar-refractivity contribution < 1.29 is 4.79 Å². The summed E-state index contributed by atoms with van der Waals surface area (Å²) in [6.07, 6.45) is 0. The molecule has 0 atom stereocenters. The Hall–Kier alpha value is -1.65. The maximum Gasteiger partial charge on any atom is 0.251 e. The number of aryl methyl sites for hydroxylation is 1. The summed E-state index contributed by atoms with van der Waals surface area (Å²) in [6, 6.07) is 15.8. The molecule has 0 aliphatic heterocycles. The van der Waals surface area contributed by atoms with E-state index in [2.05, 4.69) is 38.7 Å². The van der Waals surface area contributed by atoms with Crippen LogP contribution in [0.1, 0.15) is 21.5 Å². The molecular formula is C17H19BrN2O. The maximum absolute atomic E-state index is 11.9. The van der Waals surface area contributed by atoms with Crippen molar-refractivity contribution in [3.63, 3.8) is 0 Å². The summed E-state index contributed by atoms with van der Waals surface area (Å²) in [6.45, 7) is 4.16. The number of hydrogen-bond acceptors (Lipinski definition) is 2. The summed E-state index contributed by atoms with van der Waals surface area (Å²) in [5.74, 6) is -0.0274. The number of nitrogens with one attached hydrogen (secondary N) is 2. The van der Waals surface area contributed by atoms with Crippen LogP contribution in [0, 0.1) is 6.92 Å². The third kappa shape index (κ3) is 5.33. The number of carbonyl (C=O) groups excluding carboxylic acids is 1. The lowest BCUT2D eigenvalue weighted by Gasteiger charge is -2.07. The molecule has 0 aromatic heterocycles. The summed E-state index contributed by atoms with van der Waals surface area (Å²) in [7, 11) is 0. The molecular weight excluding hydrogens is 328 g/mol. The molecule has 0 bridgehead atoms. The third-order valence-electron chi connectivity index (χ3n) is 3.14. The molecule has 110 valence electrons. The molecule has 21 heavy (non-hydrogen) atoms. The molecule has 0 aliphatic rings. The second kappa shape index (κ2) is 7.96. The van der Waals surface area contributed by atoms with Crippen molar-refractivity contribution in [1.82, 2.24) is 10.6 Å². The molecule has 0 spiro atoms. The summed E-state index contributed by atoms with van der Waals surface area (Å²) in [4.78, 5) is 11.9. The van der Waals surface area contributed by atoms with E-state index in [9.17, 15) is 4.79 Å². The monoisotopic (exact) mass is 346 g/mol. The van der Waals surface area contributed by atoms with Crippen molar-refractivity contribution >= 4 is 21.8 Å². The smallest absolute Gasteiger partial charge is 0.251 e. The second-order valence-corrected chi connectivity index (χ2v) is 5.84. The first kappa shape index (κ1) is 15.7. The van der Waals surface area contributed by atoms with Crippen LogP contribution in [-0.4, -0.2) is 19.0 Å². The minimum Gasteiger partial charge on any atom is -0.351 e. The first-order valence-corrected chi connectivity index (χ1v) is 7.74. The van der Waals surface area contributed by atoms with Gasteiger partial charge < -0.3 is 10.6 Å². The summed E-state index contributed by atoms with van der Waals surface area (Å²) >= 11 is 3.41. The fourth-order valence-electron chi connectivity index (χ4n) is 1.91. The van der Waals surface area contributed by atoms with Crippen LogP contribution in [0.2, 0.25) is 0 Å². The summed E-state index contributed by atoms with van der Waals surface area (Å²) < 4.78 is 1.08. The van der Waals surface area contributed by atoms with Gasteiger partial charge in [0.1, 0.15) is 0 Å². The molecule has 0 saturated heterocycles. The minimum absolute atomic E-state index is 0.0274. The van der Waals surface area contributed by atoms with Crippen LogP contribution in [0.4, 0.5) is 0 Å². The molecule has 0 unspecified atom stereocenters. The van der Waals surface area contributed by atoms with Crippen molar-refractivity contribution in [3.8, 4) is 0 Å². The highest BCUT2D eigenvalue weighted by Gasteiger charge is 2.03. The van der Waals surface area contributed by atoms with Gasteiger partial charge >= 0.3 is 0 Å². The van der Waals surface area contributed by atoms with E-state index in [0.717, 1.165) is 23.1 Å². The average Bonchev–Trinajstić information content (AvgIpc) is 2.49. The van der Waals surface area contributed by atoms with Crippen molar-refractivity contribution in [1.29, 1.82) is 0 Å². The van der Waals surface area contributed by atoms with E-state index in [4.69, 9.17) is 0 Å². The van der Waals surface area contributed by atoms with E-state index >= 15 is 0 Å². The Bertz CT molecular complexity index is 579. The van der Waals surface area contributed by atoms with Gasteiger partial charge in [-0.3, -0.25) is 4.79 Å². The molecule has 0 heterocycles. The van der Waals surface area contributed by atoms with Gasteiger partial charge in [0.25, 0.3) is 5.91 Å². The zero-order valence-electron chi connectivity index (χ0n) is 12.0. The Morgan fingerprint density at radius 1 is 1.00 bits per heavy atom. The van der Waals surface area contributed by atoms with E-state index in [1.165, 1.54) is 5.56 Å². The second-order valence-electron chi connectivity index (χ2n) is 4.93. The molecule has 0 fully saturated rings. The normalized spacial score (nSPS) is 10.4. The van der Waals surface area contributed by atoms with E-state index in [0.29, 0.717) is 12.1 Å². The van der Waals surface area contributed by atoms with E-state index < -0.39 is 0 Å². The van der Waals surface area contributed by atoms with Crippen molar-refractivity contribution in [2.75, 3.05) is 13.1 Å². The quantitative estimate of drug-likeness (QED) is 0.788. The Morgan fingerprint density at radius 3 is 2.33 bits per heavy atom. The molecule has 3 nitrogen and oxygen atoms in total. The lowest BCUT2D eigenvalue weighted by atomic mass is 10.1. The van der Waals surface area contributed by atoms with E-state index in [1.54, 1.807) is 0 Å². The van der Waals surface area contributed by atoms with Crippen molar-refractivity contribution in [2.45, 2.75) is 13.5 Å². The van der Waals surface area contributed by atoms with Crippen LogP contribution in [0.15, 0.2) is 53.0 Å². The molecule has 4 heteroatoms. The molecule has 1 amide bonds. The molecule has 0 saturated carbocycles. The zero-order valence-corrected chi connectivity index (χ0v) is 13.6. The molecule has 2 N–H and O–H groups in total. The van der Waals surface area contributed by atoms with Gasteiger partial charge in [0.05, 0.1) is 0 Å². The Balaban J connectivity index is 1.66. The standard InChI is InChI=1S/C17H19BrN2O/c1-13-2-6-15(7-3-13)17(21)20-11-10-19-12-14-4-8-16(18)9-5-14/h2-9,19H,10-12H2,1H3,(H,20,21). The molecule has 0 aliphatic carbocycles. The van der Waals surface area contributed by atoms with Gasteiger partial charge in [0.2, 0.25) is 0 Å². The van der Waals surface area contributed by atoms with Crippen LogP contribution in [0.25, 0.3) is 0 Å². The highest BCUT2D eigenvalue weighted by atomic mass is 79.9. The number of hydrogen-bond donors (Lipinski definition) is 2. The van der Waals surface area contributed by atoms with Crippen LogP contribution in [0.5, 0.6) is 0 Å². The van der Waals surface area contributed by atoms with Crippen molar-refractivity contribution in [3.05, 3.63) is 69.7 Å².